The van der Waals surface area contributed by atoms with E-state index in [9.17, 15) is 13.2 Å². The molecule has 1 saturated carbocycles. The third-order valence-corrected chi connectivity index (χ3v) is 5.59. The summed E-state index contributed by atoms with van der Waals surface area (Å²) in [5, 5.41) is 3.38. The lowest BCUT2D eigenvalue weighted by Crippen LogP contribution is -2.42. The van der Waals surface area contributed by atoms with Crippen molar-refractivity contribution in [3.05, 3.63) is 34.3 Å². The maximum Gasteiger partial charge on any atom is 0.235 e. The number of aryl methyl sites for hydroxylation is 1. The minimum Gasteiger partial charge on any atom is -0.352 e. The predicted octanol–water partition coefficient (Wildman–Crippen LogP) is 2.52. The molecule has 2 rings (SSSR count). The van der Waals surface area contributed by atoms with Crippen LogP contribution in [0.3, 0.4) is 0 Å². The van der Waals surface area contributed by atoms with Crippen LogP contribution in [0.25, 0.3) is 0 Å². The maximum absolute atomic E-state index is 12.1. The molecule has 0 unspecified atom stereocenters. The third kappa shape index (κ3) is 6.12. The molecule has 0 radical (unpaired) electrons. The molecule has 0 aromatic heterocycles. The fraction of sp³-hybridized carbons (Fsp3) is 0.562. The fourth-order valence-corrected chi connectivity index (χ4v) is 4.12. The van der Waals surface area contributed by atoms with Crippen molar-refractivity contribution in [1.29, 1.82) is 0 Å². The van der Waals surface area contributed by atoms with Gasteiger partial charge in [0, 0.05) is 11.1 Å². The lowest BCUT2D eigenvalue weighted by atomic mass is 9.95. The first-order valence-corrected chi connectivity index (χ1v) is 9.90. The fourth-order valence-electron chi connectivity index (χ4n) is 2.75. The summed E-state index contributed by atoms with van der Waals surface area (Å²) in [7, 11) is -3.58. The van der Waals surface area contributed by atoms with E-state index < -0.39 is 10.0 Å². The summed E-state index contributed by atoms with van der Waals surface area (Å²) in [6.07, 6.45) is 5.38. The van der Waals surface area contributed by atoms with E-state index in [4.69, 9.17) is 11.6 Å². The summed E-state index contributed by atoms with van der Waals surface area (Å²) in [6.45, 7) is 1.61. The van der Waals surface area contributed by atoms with Gasteiger partial charge >= 0.3 is 0 Å². The zero-order valence-corrected chi connectivity index (χ0v) is 14.8. The Kier molecular flexibility index (Phi) is 6.44. The van der Waals surface area contributed by atoms with E-state index in [0.29, 0.717) is 10.6 Å². The highest BCUT2D eigenvalue weighted by molar-refractivity contribution is 7.88. The summed E-state index contributed by atoms with van der Waals surface area (Å²) in [5.74, 6) is -0.459. The van der Waals surface area contributed by atoms with E-state index >= 15 is 0 Å². The average Bonchev–Trinajstić information content (AvgIpc) is 2.50. The molecule has 1 amide bonds. The van der Waals surface area contributed by atoms with E-state index in [-0.39, 0.29) is 24.2 Å². The van der Waals surface area contributed by atoms with Gasteiger partial charge in [-0.3, -0.25) is 4.79 Å². The van der Waals surface area contributed by atoms with Gasteiger partial charge < -0.3 is 5.32 Å². The smallest absolute Gasteiger partial charge is 0.235 e. The Morgan fingerprint density at radius 2 is 1.96 bits per heavy atom. The van der Waals surface area contributed by atoms with Gasteiger partial charge in [0.25, 0.3) is 0 Å². The van der Waals surface area contributed by atoms with E-state index in [1.807, 2.05) is 6.92 Å². The highest BCUT2D eigenvalue weighted by atomic mass is 35.5. The first-order chi connectivity index (χ1) is 10.9. The number of nitrogens with one attached hydrogen (secondary N) is 2. The minimum atomic E-state index is -3.58. The second-order valence-electron chi connectivity index (χ2n) is 6.05. The molecule has 0 atom stereocenters. The largest absolute Gasteiger partial charge is 0.352 e. The molecular formula is C16H23ClN2O3S. The van der Waals surface area contributed by atoms with E-state index in [0.717, 1.165) is 31.2 Å². The Hall–Kier alpha value is -1.11. The molecule has 0 heterocycles. The summed E-state index contributed by atoms with van der Waals surface area (Å²) in [5.41, 5.74) is 1.49. The summed E-state index contributed by atoms with van der Waals surface area (Å²) < 4.78 is 26.6. The van der Waals surface area contributed by atoms with Crippen LogP contribution in [-0.2, 0) is 20.6 Å². The molecule has 0 saturated heterocycles. The summed E-state index contributed by atoms with van der Waals surface area (Å²) in [6, 6.07) is 5.31. The molecule has 0 bridgehead atoms. The number of benzene rings is 1. The number of halogens is 1. The summed E-state index contributed by atoms with van der Waals surface area (Å²) in [4.78, 5) is 11.9. The van der Waals surface area contributed by atoms with Gasteiger partial charge in [-0.2, -0.15) is 0 Å². The van der Waals surface area contributed by atoms with Gasteiger partial charge in [0.15, 0.2) is 0 Å². The van der Waals surface area contributed by atoms with Crippen LogP contribution in [0.5, 0.6) is 0 Å². The van der Waals surface area contributed by atoms with Crippen molar-refractivity contribution >= 4 is 27.5 Å². The highest BCUT2D eigenvalue weighted by Gasteiger charge is 2.18. The molecule has 0 aliphatic heterocycles. The van der Waals surface area contributed by atoms with Gasteiger partial charge in [0.1, 0.15) is 0 Å². The van der Waals surface area contributed by atoms with Crippen LogP contribution in [-0.4, -0.2) is 26.9 Å². The number of sulfonamides is 1. The topological polar surface area (TPSA) is 75.3 Å². The number of carbonyl (C=O) groups is 1. The van der Waals surface area contributed by atoms with Gasteiger partial charge in [-0.15, -0.1) is 0 Å². The Morgan fingerprint density at radius 1 is 1.26 bits per heavy atom. The zero-order chi connectivity index (χ0) is 16.9. The molecule has 2 N–H and O–H groups in total. The molecule has 1 aliphatic carbocycles. The Bertz CT molecular complexity index is 655. The molecule has 1 aromatic carbocycles. The van der Waals surface area contributed by atoms with Crippen molar-refractivity contribution in [2.24, 2.45) is 0 Å². The standard InChI is InChI=1S/C16H23ClN2O3S/c1-12-7-8-14(17)9-13(12)11-23(21,22)18-10-16(20)19-15-5-3-2-4-6-15/h7-9,15,18H,2-6,10-11H2,1H3,(H,19,20). The van der Waals surface area contributed by atoms with Crippen molar-refractivity contribution in [1.82, 2.24) is 10.0 Å². The van der Waals surface area contributed by atoms with Crippen LogP contribution in [0.1, 0.15) is 43.2 Å². The molecule has 128 valence electrons. The first-order valence-electron chi connectivity index (χ1n) is 7.87. The summed E-state index contributed by atoms with van der Waals surface area (Å²) >= 11 is 5.90. The van der Waals surface area contributed by atoms with Gasteiger partial charge in [0.05, 0.1) is 12.3 Å². The Labute approximate surface area is 142 Å². The Balaban J connectivity index is 1.85. The first kappa shape index (κ1) is 18.2. The SMILES string of the molecule is Cc1ccc(Cl)cc1CS(=O)(=O)NCC(=O)NC1CCCCC1. The van der Waals surface area contributed by atoms with Crippen molar-refractivity contribution in [2.45, 2.75) is 50.8 Å². The maximum atomic E-state index is 12.1. The lowest BCUT2D eigenvalue weighted by molar-refractivity contribution is -0.120. The van der Waals surface area contributed by atoms with Crippen LogP contribution in [0.2, 0.25) is 5.02 Å². The molecule has 1 fully saturated rings. The third-order valence-electron chi connectivity index (χ3n) is 4.08. The van der Waals surface area contributed by atoms with Crippen LogP contribution in [0.15, 0.2) is 18.2 Å². The number of rotatable bonds is 6. The van der Waals surface area contributed by atoms with Crippen molar-refractivity contribution in [2.75, 3.05) is 6.54 Å². The molecule has 23 heavy (non-hydrogen) atoms. The number of carbonyl (C=O) groups excluding carboxylic acids is 1. The number of hydrogen-bond acceptors (Lipinski definition) is 3. The molecule has 1 aliphatic rings. The van der Waals surface area contributed by atoms with Crippen LogP contribution in [0.4, 0.5) is 0 Å². The van der Waals surface area contributed by atoms with E-state index in [1.165, 1.54) is 6.42 Å². The monoisotopic (exact) mass is 358 g/mol. The van der Waals surface area contributed by atoms with Crippen LogP contribution in [0, 0.1) is 6.92 Å². The van der Waals surface area contributed by atoms with Gasteiger partial charge in [-0.25, -0.2) is 13.1 Å². The molecule has 0 spiro atoms. The molecular weight excluding hydrogens is 336 g/mol. The number of amides is 1. The van der Waals surface area contributed by atoms with Crippen molar-refractivity contribution < 1.29 is 13.2 Å². The average molecular weight is 359 g/mol. The second-order valence-corrected chi connectivity index (χ2v) is 8.30. The second kappa shape index (κ2) is 8.13. The van der Waals surface area contributed by atoms with Crippen LogP contribution < -0.4 is 10.0 Å². The van der Waals surface area contributed by atoms with Crippen molar-refractivity contribution in [3.8, 4) is 0 Å². The van der Waals surface area contributed by atoms with Gasteiger partial charge in [-0.05, 0) is 43.0 Å². The molecule has 5 nitrogen and oxygen atoms in total. The predicted molar refractivity (Wildman–Crippen MR) is 91.8 cm³/mol. The number of hydrogen-bond donors (Lipinski definition) is 2. The molecule has 7 heteroatoms. The minimum absolute atomic E-state index is 0.177. The van der Waals surface area contributed by atoms with E-state index in [2.05, 4.69) is 10.0 Å². The quantitative estimate of drug-likeness (QED) is 0.820. The highest BCUT2D eigenvalue weighted by Crippen LogP contribution is 2.18. The molecule has 1 aromatic rings. The normalized spacial score (nSPS) is 16.3. The van der Waals surface area contributed by atoms with Gasteiger partial charge in [-0.1, -0.05) is 36.9 Å². The van der Waals surface area contributed by atoms with Crippen molar-refractivity contribution in [3.63, 3.8) is 0 Å². The lowest BCUT2D eigenvalue weighted by Gasteiger charge is -2.22. The zero-order valence-electron chi connectivity index (χ0n) is 13.3. The van der Waals surface area contributed by atoms with Gasteiger partial charge in [0.2, 0.25) is 15.9 Å². The van der Waals surface area contributed by atoms with Crippen LogP contribution >= 0.6 is 11.6 Å². The van der Waals surface area contributed by atoms with E-state index in [1.54, 1.807) is 18.2 Å². The Morgan fingerprint density at radius 3 is 2.65 bits per heavy atom.